The Hall–Kier alpha value is -0.651. The van der Waals surface area contributed by atoms with Gasteiger partial charge in [0.25, 0.3) is 5.97 Å². The van der Waals surface area contributed by atoms with E-state index in [0.717, 1.165) is 6.92 Å². The molecule has 0 rings (SSSR count). The van der Waals surface area contributed by atoms with Crippen molar-refractivity contribution >= 4 is 5.97 Å². The van der Waals surface area contributed by atoms with E-state index in [-0.39, 0.29) is 0 Å². The van der Waals surface area contributed by atoms with Crippen LogP contribution in [0.4, 0.5) is 0 Å². The van der Waals surface area contributed by atoms with E-state index in [0.29, 0.717) is 0 Å². The van der Waals surface area contributed by atoms with E-state index in [4.69, 9.17) is 25.6 Å². The van der Waals surface area contributed by atoms with E-state index in [1.54, 1.807) is 0 Å². The second kappa shape index (κ2) is 4.25. The fourth-order valence-corrected chi connectivity index (χ4v) is 0. The summed E-state index contributed by atoms with van der Waals surface area (Å²) in [5.74, 6) is -0.833. The minimum atomic E-state index is -5.38. The molecule has 0 fully saturated rings. The van der Waals surface area contributed by atoms with Gasteiger partial charge >= 0.3 is 28.7 Å². The summed E-state index contributed by atoms with van der Waals surface area (Å²) >= 11 is -5.38. The molecule has 0 aromatic heterocycles. The second-order valence-corrected chi connectivity index (χ2v) is 2.15. The third kappa shape index (κ3) is 497. The first-order valence-electron chi connectivity index (χ1n) is 1.56. The summed E-state index contributed by atoms with van der Waals surface area (Å²) < 4.78 is 33.1. The van der Waals surface area contributed by atoms with Crippen LogP contribution in [-0.2, 0) is 29.3 Å². The number of carbonyl (C=O) groups is 1. The summed E-state index contributed by atoms with van der Waals surface area (Å²) in [6.07, 6.45) is 0. The van der Waals surface area contributed by atoms with E-state index >= 15 is 0 Å². The number of hydrogen-bond donors (Lipinski definition) is 2. The summed E-state index contributed by atoms with van der Waals surface area (Å²) in [7, 11) is 0. The Bertz CT molecular complexity index is 196. The Morgan fingerprint density at radius 2 is 1.33 bits per heavy atom. The molecule has 56 valence electrons. The summed E-state index contributed by atoms with van der Waals surface area (Å²) in [5.41, 5.74) is 0. The van der Waals surface area contributed by atoms with Gasteiger partial charge in [0.1, 0.15) is 0 Å². The van der Waals surface area contributed by atoms with Gasteiger partial charge in [-0.2, -0.15) is 0 Å². The second-order valence-electron chi connectivity index (χ2n) is 0.915. The van der Waals surface area contributed by atoms with Gasteiger partial charge in [0.2, 0.25) is 0 Å². The Morgan fingerprint density at radius 1 is 1.33 bits per heavy atom. The van der Waals surface area contributed by atoms with Crippen molar-refractivity contribution in [2.75, 3.05) is 0 Å². The zero-order valence-electron chi connectivity index (χ0n) is 4.41. The first-order valence-corrected chi connectivity index (χ1v) is 3.53. The third-order valence-electron chi connectivity index (χ3n) is 0. The molecule has 0 aromatic rings. The predicted molar refractivity (Wildman–Crippen MR) is 17.6 cm³/mol. The molecule has 9 heavy (non-hydrogen) atoms. The summed E-state index contributed by atoms with van der Waals surface area (Å²) in [4.78, 5) is 9.00. The van der Waals surface area contributed by atoms with E-state index in [1.165, 1.54) is 0 Å². The molecule has 0 saturated heterocycles. The molecule has 0 heterocycles. The van der Waals surface area contributed by atoms with Crippen molar-refractivity contribution < 1.29 is 38.6 Å². The third-order valence-corrected chi connectivity index (χ3v) is 0. The normalized spacial score (nSPS) is 9.11. The summed E-state index contributed by atoms with van der Waals surface area (Å²) in [6.45, 7) is 1.08. The van der Waals surface area contributed by atoms with E-state index < -0.39 is 18.9 Å². The number of rotatable bonds is 0. The van der Waals surface area contributed by atoms with Gasteiger partial charge in [0.05, 0.1) is 0 Å². The van der Waals surface area contributed by atoms with Gasteiger partial charge in [-0.25, -0.2) is 0 Å². The molecule has 0 atom stereocenters. The number of carboxylic acid groups (broad SMARTS) is 1. The SMILES string of the molecule is CC(=O)O.[O]=[Mn](=[O])(=[O])[OH]. The molecule has 0 amide bonds. The van der Waals surface area contributed by atoms with Crippen molar-refractivity contribution in [3.8, 4) is 0 Å². The molecule has 0 unspecified atom stereocenters. The number of carboxylic acids is 1. The Balaban J connectivity index is 0. The maximum atomic E-state index is 9.00. The molecule has 7 heteroatoms. The van der Waals surface area contributed by atoms with Crippen LogP contribution in [0.25, 0.3) is 0 Å². The molecule has 6 nitrogen and oxygen atoms in total. The van der Waals surface area contributed by atoms with Gasteiger partial charge in [0, 0.05) is 6.92 Å². The fourth-order valence-electron chi connectivity index (χ4n) is 0. The zero-order chi connectivity index (χ0) is 8.08. The Kier molecular flexibility index (Phi) is 5.28. The van der Waals surface area contributed by atoms with Crippen molar-refractivity contribution in [1.82, 2.24) is 0 Å². The molecule has 0 bridgehead atoms. The molecule has 0 aliphatic carbocycles. The van der Waals surface area contributed by atoms with E-state index in [9.17, 15) is 0 Å². The average Bonchev–Trinajstić information content (AvgIpc) is 1.19. The predicted octanol–water partition coefficient (Wildman–Crippen LogP) is -0.825. The van der Waals surface area contributed by atoms with Gasteiger partial charge in [-0.1, -0.05) is 0 Å². The minimum absolute atomic E-state index is 0.833. The van der Waals surface area contributed by atoms with Crippen LogP contribution in [0, 0.1) is 0 Å². The first-order chi connectivity index (χ1) is 3.73. The van der Waals surface area contributed by atoms with Gasteiger partial charge in [-0.05, 0) is 0 Å². The summed E-state index contributed by atoms with van der Waals surface area (Å²) in [6, 6.07) is 0. The molecular formula is C2H5MnO6. The molecule has 0 saturated carbocycles. The van der Waals surface area contributed by atoms with Gasteiger partial charge in [-0.15, -0.1) is 0 Å². The quantitative estimate of drug-likeness (QED) is 0.471. The Morgan fingerprint density at radius 3 is 1.33 bits per heavy atom. The molecular weight excluding hydrogens is 175 g/mol. The van der Waals surface area contributed by atoms with Crippen molar-refractivity contribution in [1.29, 1.82) is 0 Å². The van der Waals surface area contributed by atoms with E-state index in [2.05, 4.69) is 0 Å². The van der Waals surface area contributed by atoms with Crippen LogP contribution in [0.5, 0.6) is 0 Å². The molecule has 0 aliphatic rings. The van der Waals surface area contributed by atoms with Crippen LogP contribution in [-0.4, -0.2) is 15.3 Å². The van der Waals surface area contributed by atoms with Crippen molar-refractivity contribution in [2.24, 2.45) is 0 Å². The zero-order valence-corrected chi connectivity index (χ0v) is 5.59. The van der Waals surface area contributed by atoms with Crippen molar-refractivity contribution in [3.05, 3.63) is 0 Å². The van der Waals surface area contributed by atoms with E-state index in [1.807, 2.05) is 0 Å². The van der Waals surface area contributed by atoms with Gasteiger partial charge in [-0.3, -0.25) is 4.79 Å². The topological polar surface area (TPSA) is 109 Å². The maximum absolute atomic E-state index is 9.00. The monoisotopic (exact) mass is 180 g/mol. The standard InChI is InChI=1S/C2H4O2.Mn.H2O.3O/c1-2(3)4;;;;;/h1H3,(H,3,4);;1H2;;;/q;+1;;;;/p-1. The van der Waals surface area contributed by atoms with Crippen LogP contribution in [0.1, 0.15) is 6.92 Å². The first kappa shape index (κ1) is 11.2. The molecule has 0 aliphatic heterocycles. The summed E-state index contributed by atoms with van der Waals surface area (Å²) in [5, 5.41) is 7.42. The van der Waals surface area contributed by atoms with Crippen LogP contribution >= 0.6 is 0 Å². The average molecular weight is 180 g/mol. The van der Waals surface area contributed by atoms with Crippen LogP contribution < -0.4 is 0 Å². The van der Waals surface area contributed by atoms with Gasteiger partial charge in [0.15, 0.2) is 0 Å². The number of hydrogen-bond acceptors (Lipinski definition) is 4. The fraction of sp³-hybridized carbons (Fsp3) is 0.500. The van der Waals surface area contributed by atoms with Crippen molar-refractivity contribution in [3.63, 3.8) is 0 Å². The molecule has 0 spiro atoms. The molecule has 2 N–H and O–H groups in total. The Labute approximate surface area is 52.3 Å². The molecule has 0 aromatic carbocycles. The van der Waals surface area contributed by atoms with Crippen LogP contribution in [0.3, 0.4) is 0 Å². The van der Waals surface area contributed by atoms with Crippen LogP contribution in [0.2, 0.25) is 0 Å². The van der Waals surface area contributed by atoms with Crippen molar-refractivity contribution in [2.45, 2.75) is 6.92 Å². The van der Waals surface area contributed by atoms with Gasteiger partial charge < -0.3 is 5.11 Å². The number of aliphatic carboxylic acids is 1. The van der Waals surface area contributed by atoms with Crippen LogP contribution in [0.15, 0.2) is 0 Å². The molecule has 0 radical (unpaired) electrons.